The van der Waals surface area contributed by atoms with Crippen molar-refractivity contribution in [3.63, 3.8) is 0 Å². The molecule has 7 nitrogen and oxygen atoms in total. The van der Waals surface area contributed by atoms with Gasteiger partial charge < -0.3 is 4.42 Å². The standard InChI is InChI=1S/C22H21Cl2N3O4S/c1-14-4-6-17(10-15(14)2)27(32(3,29)30)13-22(28)26-25-12-18-7-9-21(31-18)19-8-5-16(23)11-20(19)24/h4-12H,13H2,1-3H3,(H,26,28). The highest BCUT2D eigenvalue weighted by Gasteiger charge is 2.21. The van der Waals surface area contributed by atoms with E-state index >= 15 is 0 Å². The van der Waals surface area contributed by atoms with Crippen molar-refractivity contribution in [1.82, 2.24) is 5.43 Å². The quantitative estimate of drug-likeness (QED) is 0.378. The molecule has 0 aliphatic carbocycles. The van der Waals surface area contributed by atoms with E-state index in [9.17, 15) is 13.2 Å². The maximum atomic E-state index is 12.3. The van der Waals surface area contributed by atoms with Crippen LogP contribution in [0.2, 0.25) is 10.0 Å². The number of carbonyl (C=O) groups is 1. The van der Waals surface area contributed by atoms with Crippen LogP contribution in [0.25, 0.3) is 11.3 Å². The molecule has 32 heavy (non-hydrogen) atoms. The van der Waals surface area contributed by atoms with Gasteiger partial charge in [0.1, 0.15) is 18.1 Å². The number of hydrogen-bond acceptors (Lipinski definition) is 5. The molecule has 10 heteroatoms. The Morgan fingerprint density at radius 2 is 1.84 bits per heavy atom. The molecule has 168 valence electrons. The molecule has 0 spiro atoms. The Morgan fingerprint density at radius 1 is 1.09 bits per heavy atom. The Bertz CT molecular complexity index is 1290. The molecule has 0 atom stereocenters. The first-order chi connectivity index (χ1) is 15.0. The van der Waals surface area contributed by atoms with Crippen molar-refractivity contribution in [2.75, 3.05) is 17.1 Å². The fourth-order valence-electron chi connectivity index (χ4n) is 2.87. The highest BCUT2D eigenvalue weighted by atomic mass is 35.5. The Kier molecular flexibility index (Phi) is 7.28. The van der Waals surface area contributed by atoms with Gasteiger partial charge in [-0.3, -0.25) is 9.10 Å². The van der Waals surface area contributed by atoms with E-state index in [1.165, 1.54) is 6.21 Å². The lowest BCUT2D eigenvalue weighted by Gasteiger charge is -2.22. The van der Waals surface area contributed by atoms with Gasteiger partial charge in [-0.15, -0.1) is 0 Å². The second kappa shape index (κ2) is 9.77. The van der Waals surface area contributed by atoms with Crippen molar-refractivity contribution >= 4 is 51.0 Å². The van der Waals surface area contributed by atoms with Crippen LogP contribution in [-0.2, 0) is 14.8 Å². The fraction of sp³-hybridized carbons (Fsp3) is 0.182. The number of sulfonamides is 1. The lowest BCUT2D eigenvalue weighted by atomic mass is 10.1. The fourth-order valence-corrected chi connectivity index (χ4v) is 4.22. The first-order valence-corrected chi connectivity index (χ1v) is 12.1. The summed E-state index contributed by atoms with van der Waals surface area (Å²) in [4.78, 5) is 12.3. The van der Waals surface area contributed by atoms with Crippen molar-refractivity contribution < 1.29 is 17.6 Å². The molecule has 1 heterocycles. The average Bonchev–Trinajstić information content (AvgIpc) is 3.16. The molecular formula is C22H21Cl2N3O4S. The van der Waals surface area contributed by atoms with Crippen LogP contribution in [-0.4, -0.2) is 33.3 Å². The maximum Gasteiger partial charge on any atom is 0.260 e. The zero-order valence-electron chi connectivity index (χ0n) is 17.6. The number of aryl methyl sites for hydroxylation is 2. The first kappa shape index (κ1) is 23.8. The van der Waals surface area contributed by atoms with Gasteiger partial charge in [0.05, 0.1) is 23.2 Å². The van der Waals surface area contributed by atoms with E-state index < -0.39 is 22.5 Å². The summed E-state index contributed by atoms with van der Waals surface area (Å²) in [7, 11) is -3.67. The molecule has 0 aliphatic heterocycles. The van der Waals surface area contributed by atoms with E-state index in [-0.39, 0.29) is 0 Å². The van der Waals surface area contributed by atoms with Gasteiger partial charge in [0.25, 0.3) is 5.91 Å². The van der Waals surface area contributed by atoms with Crippen molar-refractivity contribution in [1.29, 1.82) is 0 Å². The number of carbonyl (C=O) groups excluding carboxylic acids is 1. The van der Waals surface area contributed by atoms with Crippen LogP contribution < -0.4 is 9.73 Å². The number of benzene rings is 2. The van der Waals surface area contributed by atoms with E-state index in [2.05, 4.69) is 10.5 Å². The zero-order valence-corrected chi connectivity index (χ0v) is 19.9. The highest BCUT2D eigenvalue weighted by Crippen LogP contribution is 2.31. The lowest BCUT2D eigenvalue weighted by Crippen LogP contribution is -2.39. The predicted octanol–water partition coefficient (Wildman–Crippen LogP) is 4.79. The van der Waals surface area contributed by atoms with Crippen molar-refractivity contribution in [2.45, 2.75) is 13.8 Å². The number of nitrogens with zero attached hydrogens (tertiary/aromatic N) is 2. The number of hydrogen-bond donors (Lipinski definition) is 1. The van der Waals surface area contributed by atoms with Crippen LogP contribution >= 0.6 is 23.2 Å². The van der Waals surface area contributed by atoms with Gasteiger partial charge in [0, 0.05) is 10.6 Å². The number of nitrogens with one attached hydrogen (secondary N) is 1. The highest BCUT2D eigenvalue weighted by molar-refractivity contribution is 7.92. The van der Waals surface area contributed by atoms with Crippen LogP contribution in [0.3, 0.4) is 0 Å². The largest absolute Gasteiger partial charge is 0.455 e. The minimum absolute atomic E-state index is 0.375. The van der Waals surface area contributed by atoms with Gasteiger partial charge in [-0.05, 0) is 67.4 Å². The van der Waals surface area contributed by atoms with Gasteiger partial charge in [-0.25, -0.2) is 13.8 Å². The van der Waals surface area contributed by atoms with Crippen molar-refractivity contribution in [3.8, 4) is 11.3 Å². The third kappa shape index (κ3) is 5.91. The topological polar surface area (TPSA) is 92.0 Å². The first-order valence-electron chi connectivity index (χ1n) is 9.47. The summed E-state index contributed by atoms with van der Waals surface area (Å²) in [6, 6.07) is 13.6. The second-order valence-corrected chi connectivity index (χ2v) is 9.91. The molecular weight excluding hydrogens is 473 g/mol. The normalized spacial score (nSPS) is 11.7. The number of anilines is 1. The predicted molar refractivity (Wildman–Crippen MR) is 128 cm³/mol. The SMILES string of the molecule is Cc1ccc(N(CC(=O)NN=Cc2ccc(-c3ccc(Cl)cc3Cl)o2)S(C)(=O)=O)cc1C. The van der Waals surface area contributed by atoms with Crippen LogP contribution in [0, 0.1) is 13.8 Å². The van der Waals surface area contributed by atoms with Gasteiger partial charge in [-0.2, -0.15) is 5.10 Å². The molecule has 3 aromatic rings. The summed E-state index contributed by atoms with van der Waals surface area (Å²) in [6.45, 7) is 3.38. The number of hydrazone groups is 1. The summed E-state index contributed by atoms with van der Waals surface area (Å²) in [6.07, 6.45) is 2.36. The Balaban J connectivity index is 1.68. The summed E-state index contributed by atoms with van der Waals surface area (Å²) in [5.41, 5.74) is 5.33. The summed E-state index contributed by atoms with van der Waals surface area (Å²) < 4.78 is 31.1. The van der Waals surface area contributed by atoms with Crippen molar-refractivity contribution in [2.24, 2.45) is 5.10 Å². The van der Waals surface area contributed by atoms with Gasteiger partial charge in [0.2, 0.25) is 10.0 Å². The second-order valence-electron chi connectivity index (χ2n) is 7.16. The molecule has 3 rings (SSSR count). The molecule has 0 radical (unpaired) electrons. The summed E-state index contributed by atoms with van der Waals surface area (Å²) >= 11 is 12.1. The minimum atomic E-state index is -3.67. The molecule has 0 unspecified atom stereocenters. The van der Waals surface area contributed by atoms with Crippen molar-refractivity contribution in [3.05, 3.63) is 75.5 Å². The van der Waals surface area contributed by atoms with Crippen LogP contribution in [0.1, 0.15) is 16.9 Å². The number of halogens is 2. The molecule has 0 aliphatic rings. The van der Waals surface area contributed by atoms with E-state index in [4.69, 9.17) is 27.6 Å². The molecule has 1 aromatic heterocycles. The van der Waals surface area contributed by atoms with E-state index in [1.807, 2.05) is 13.8 Å². The third-order valence-corrected chi connectivity index (χ3v) is 6.36. The van der Waals surface area contributed by atoms with Crippen LogP contribution in [0.4, 0.5) is 5.69 Å². The molecule has 0 bridgehead atoms. The lowest BCUT2D eigenvalue weighted by molar-refractivity contribution is -0.119. The van der Waals surface area contributed by atoms with Crippen LogP contribution in [0.5, 0.6) is 0 Å². The molecule has 0 fully saturated rings. The maximum absolute atomic E-state index is 12.3. The molecule has 1 amide bonds. The van der Waals surface area contributed by atoms with E-state index in [0.29, 0.717) is 32.8 Å². The monoisotopic (exact) mass is 493 g/mol. The minimum Gasteiger partial charge on any atom is -0.455 e. The van der Waals surface area contributed by atoms with Crippen LogP contribution in [0.15, 0.2) is 58.0 Å². The summed E-state index contributed by atoms with van der Waals surface area (Å²) in [5, 5.41) is 4.80. The van der Waals surface area contributed by atoms with E-state index in [0.717, 1.165) is 21.7 Å². The number of furan rings is 1. The smallest absolute Gasteiger partial charge is 0.260 e. The van der Waals surface area contributed by atoms with Gasteiger partial charge >= 0.3 is 0 Å². The number of amides is 1. The Labute approximate surface area is 196 Å². The average molecular weight is 494 g/mol. The van der Waals surface area contributed by atoms with E-state index in [1.54, 1.807) is 48.5 Å². The molecule has 0 saturated heterocycles. The molecule has 2 aromatic carbocycles. The summed E-state index contributed by atoms with van der Waals surface area (Å²) in [5.74, 6) is 0.287. The molecule has 0 saturated carbocycles. The molecule has 1 N–H and O–H groups in total. The van der Waals surface area contributed by atoms with Gasteiger partial charge in [0.15, 0.2) is 0 Å². The Hall–Kier alpha value is -2.81. The Morgan fingerprint density at radius 3 is 2.50 bits per heavy atom. The van der Waals surface area contributed by atoms with Gasteiger partial charge in [-0.1, -0.05) is 29.3 Å². The third-order valence-electron chi connectivity index (χ3n) is 4.67. The number of rotatable bonds is 7. The zero-order chi connectivity index (χ0) is 23.5.